The lowest BCUT2D eigenvalue weighted by atomic mass is 9.89. The summed E-state index contributed by atoms with van der Waals surface area (Å²) < 4.78 is 4.58. The van der Waals surface area contributed by atoms with Crippen LogP contribution in [0.2, 0.25) is 0 Å². The van der Waals surface area contributed by atoms with E-state index < -0.39 is 35.6 Å². The molecule has 0 saturated carbocycles. The summed E-state index contributed by atoms with van der Waals surface area (Å²) in [5, 5.41) is 19.8. The quantitative estimate of drug-likeness (QED) is 0.393. The average molecular weight is 205 g/mol. The zero-order chi connectivity index (χ0) is 11.4. The first kappa shape index (κ1) is 12.8. The molecule has 6 nitrogen and oxygen atoms in total. The van der Waals surface area contributed by atoms with Gasteiger partial charge in [0.1, 0.15) is 6.61 Å². The van der Waals surface area contributed by atoms with Gasteiger partial charge >= 0.3 is 5.97 Å². The van der Waals surface area contributed by atoms with Gasteiger partial charge in [-0.2, -0.15) is 0 Å². The van der Waals surface area contributed by atoms with Crippen LogP contribution in [0.15, 0.2) is 0 Å². The summed E-state index contributed by atoms with van der Waals surface area (Å²) in [4.78, 5) is 20.7. The highest BCUT2D eigenvalue weighted by atomic mass is 16.6. The molecule has 82 valence electrons. The van der Waals surface area contributed by atoms with Crippen LogP contribution in [0.5, 0.6) is 0 Å². The number of aliphatic hydroxyl groups is 1. The van der Waals surface area contributed by atoms with Crippen molar-refractivity contribution in [1.82, 2.24) is 0 Å². The van der Waals surface area contributed by atoms with E-state index in [1.54, 1.807) is 13.8 Å². The van der Waals surface area contributed by atoms with Gasteiger partial charge < -0.3 is 9.84 Å². The molecule has 0 saturated heterocycles. The van der Waals surface area contributed by atoms with E-state index in [4.69, 9.17) is 5.11 Å². The van der Waals surface area contributed by atoms with Gasteiger partial charge in [-0.1, -0.05) is 13.8 Å². The number of carbonyl (C=O) groups excluding carboxylic acids is 1. The third-order valence-corrected chi connectivity index (χ3v) is 2.24. The van der Waals surface area contributed by atoms with E-state index in [0.29, 0.717) is 0 Å². The lowest BCUT2D eigenvalue weighted by Crippen LogP contribution is -2.51. The second-order valence-electron chi connectivity index (χ2n) is 3.45. The van der Waals surface area contributed by atoms with Gasteiger partial charge in [-0.25, -0.2) is 0 Å². The molecule has 0 aliphatic heterocycles. The van der Waals surface area contributed by atoms with E-state index in [1.807, 2.05) is 0 Å². The number of carbonyl (C=O) groups is 1. The minimum Gasteiger partial charge on any atom is -0.458 e. The third kappa shape index (κ3) is 2.66. The maximum absolute atomic E-state index is 10.8. The number of hydrogen-bond donors (Lipinski definition) is 1. The lowest BCUT2D eigenvalue weighted by molar-refractivity contribution is -0.586. The largest absolute Gasteiger partial charge is 0.458 e. The maximum Gasteiger partial charge on any atom is 0.302 e. The minimum atomic E-state index is -1.59. The minimum absolute atomic E-state index is 0.399. The summed E-state index contributed by atoms with van der Waals surface area (Å²) >= 11 is 0. The summed E-state index contributed by atoms with van der Waals surface area (Å²) in [6.45, 7) is 3.32. The van der Waals surface area contributed by atoms with Crippen molar-refractivity contribution in [3.63, 3.8) is 0 Å². The van der Waals surface area contributed by atoms with E-state index in [9.17, 15) is 14.9 Å². The molecular weight excluding hydrogens is 190 g/mol. The number of nitrogens with zero attached hydrogens (tertiary/aromatic N) is 1. The smallest absolute Gasteiger partial charge is 0.302 e. The van der Waals surface area contributed by atoms with Crippen molar-refractivity contribution < 1.29 is 19.6 Å². The summed E-state index contributed by atoms with van der Waals surface area (Å²) in [6, 6.07) is 0. The molecule has 6 heteroatoms. The Balaban J connectivity index is 4.68. The van der Waals surface area contributed by atoms with Crippen LogP contribution in [-0.2, 0) is 9.53 Å². The SMILES string of the molecule is CC(=O)OCC(CO)(C(C)C)[N+](=O)[O-]. The van der Waals surface area contributed by atoms with Crippen LogP contribution in [0.1, 0.15) is 20.8 Å². The highest BCUT2D eigenvalue weighted by Gasteiger charge is 2.47. The Labute approximate surface area is 82.0 Å². The number of aliphatic hydroxyl groups excluding tert-OH is 1. The number of ether oxygens (including phenoxy) is 1. The van der Waals surface area contributed by atoms with Crippen LogP contribution < -0.4 is 0 Å². The Morgan fingerprint density at radius 2 is 2.14 bits per heavy atom. The van der Waals surface area contributed by atoms with Gasteiger partial charge in [0, 0.05) is 17.8 Å². The fourth-order valence-electron chi connectivity index (χ4n) is 0.943. The highest BCUT2D eigenvalue weighted by Crippen LogP contribution is 2.21. The number of rotatable bonds is 5. The number of esters is 1. The monoisotopic (exact) mass is 205 g/mol. The zero-order valence-electron chi connectivity index (χ0n) is 8.52. The second-order valence-corrected chi connectivity index (χ2v) is 3.45. The van der Waals surface area contributed by atoms with Crippen LogP contribution in [0, 0.1) is 16.0 Å². The lowest BCUT2D eigenvalue weighted by Gasteiger charge is -2.25. The molecule has 0 aromatic carbocycles. The normalized spacial score (nSPS) is 14.9. The molecule has 1 N–H and O–H groups in total. The predicted molar refractivity (Wildman–Crippen MR) is 48.3 cm³/mol. The first-order valence-electron chi connectivity index (χ1n) is 4.25. The summed E-state index contributed by atoms with van der Waals surface area (Å²) in [5.74, 6) is -1.01. The summed E-state index contributed by atoms with van der Waals surface area (Å²) in [7, 11) is 0. The van der Waals surface area contributed by atoms with Crippen molar-refractivity contribution >= 4 is 5.97 Å². The van der Waals surface area contributed by atoms with Crippen LogP contribution in [0.3, 0.4) is 0 Å². The Bertz CT molecular complexity index is 228. The molecule has 0 amide bonds. The van der Waals surface area contributed by atoms with Crippen LogP contribution in [0.4, 0.5) is 0 Å². The molecule has 0 bridgehead atoms. The van der Waals surface area contributed by atoms with Crippen molar-refractivity contribution in [2.24, 2.45) is 5.92 Å². The van der Waals surface area contributed by atoms with Gasteiger partial charge in [0.05, 0.1) is 0 Å². The third-order valence-electron chi connectivity index (χ3n) is 2.24. The van der Waals surface area contributed by atoms with Crippen molar-refractivity contribution in [2.45, 2.75) is 26.3 Å². The van der Waals surface area contributed by atoms with E-state index in [1.165, 1.54) is 6.92 Å². The molecule has 0 aromatic rings. The molecule has 0 aliphatic rings. The van der Waals surface area contributed by atoms with Gasteiger partial charge in [0.15, 0.2) is 6.61 Å². The van der Waals surface area contributed by atoms with Crippen molar-refractivity contribution in [1.29, 1.82) is 0 Å². The Morgan fingerprint density at radius 1 is 1.64 bits per heavy atom. The first-order valence-corrected chi connectivity index (χ1v) is 4.25. The standard InChI is InChI=1S/C8H15NO5/c1-6(2)8(4-10,9(12)13)5-14-7(3)11/h6,10H,4-5H2,1-3H3. The average Bonchev–Trinajstić information content (AvgIpc) is 2.04. The Hall–Kier alpha value is -1.17. The van der Waals surface area contributed by atoms with E-state index in [2.05, 4.69) is 4.74 Å². The highest BCUT2D eigenvalue weighted by molar-refractivity contribution is 5.65. The zero-order valence-corrected chi connectivity index (χ0v) is 8.52. The first-order chi connectivity index (χ1) is 6.36. The van der Waals surface area contributed by atoms with Gasteiger partial charge in [-0.3, -0.25) is 14.9 Å². The molecule has 1 atom stereocenters. The van der Waals surface area contributed by atoms with Crippen LogP contribution in [0.25, 0.3) is 0 Å². The topological polar surface area (TPSA) is 89.7 Å². The fraction of sp³-hybridized carbons (Fsp3) is 0.875. The molecular formula is C8H15NO5. The van der Waals surface area contributed by atoms with Crippen LogP contribution in [-0.4, -0.2) is 34.8 Å². The van der Waals surface area contributed by atoms with E-state index >= 15 is 0 Å². The molecule has 0 rings (SSSR count). The van der Waals surface area contributed by atoms with Crippen LogP contribution >= 0.6 is 0 Å². The van der Waals surface area contributed by atoms with Crippen molar-refractivity contribution in [3.05, 3.63) is 10.1 Å². The molecule has 14 heavy (non-hydrogen) atoms. The summed E-state index contributed by atoms with van der Waals surface area (Å²) in [6.07, 6.45) is 0. The van der Waals surface area contributed by atoms with Crippen molar-refractivity contribution in [2.75, 3.05) is 13.2 Å². The summed E-state index contributed by atoms with van der Waals surface area (Å²) in [5.41, 5.74) is -1.59. The van der Waals surface area contributed by atoms with Crippen molar-refractivity contribution in [3.8, 4) is 0 Å². The molecule has 1 unspecified atom stereocenters. The Kier molecular flexibility index (Phi) is 4.49. The van der Waals surface area contributed by atoms with E-state index in [-0.39, 0.29) is 0 Å². The van der Waals surface area contributed by atoms with Gasteiger partial charge in [0.2, 0.25) is 0 Å². The molecule has 0 fully saturated rings. The molecule has 0 aliphatic carbocycles. The molecule has 0 aromatic heterocycles. The molecule has 0 heterocycles. The number of nitro groups is 1. The Morgan fingerprint density at radius 3 is 2.36 bits per heavy atom. The molecule has 0 radical (unpaired) electrons. The van der Waals surface area contributed by atoms with Gasteiger partial charge in [-0.05, 0) is 0 Å². The van der Waals surface area contributed by atoms with E-state index in [0.717, 1.165) is 0 Å². The number of hydrogen-bond acceptors (Lipinski definition) is 5. The maximum atomic E-state index is 10.8. The fourth-order valence-corrected chi connectivity index (χ4v) is 0.943. The van der Waals surface area contributed by atoms with Gasteiger partial charge in [0.25, 0.3) is 5.54 Å². The van der Waals surface area contributed by atoms with Gasteiger partial charge in [-0.15, -0.1) is 0 Å². The predicted octanol–water partition coefficient (Wildman–Crippen LogP) is 0.213. The second kappa shape index (κ2) is 4.90. The molecule has 0 spiro atoms.